The van der Waals surface area contributed by atoms with E-state index in [-0.39, 0.29) is 0 Å². The highest BCUT2D eigenvalue weighted by molar-refractivity contribution is 5.29. The number of anilines is 1. The fourth-order valence-electron chi connectivity index (χ4n) is 1.99. The van der Waals surface area contributed by atoms with Gasteiger partial charge in [0.05, 0.1) is 17.9 Å². The average molecular weight is 274 g/mol. The summed E-state index contributed by atoms with van der Waals surface area (Å²) in [5.41, 5.74) is 2.04. The van der Waals surface area contributed by atoms with E-state index in [0.717, 1.165) is 50.1 Å². The van der Waals surface area contributed by atoms with Crippen LogP contribution in [0.1, 0.15) is 24.7 Å². The first-order valence-electron chi connectivity index (χ1n) is 7.05. The van der Waals surface area contributed by atoms with E-state index in [4.69, 9.17) is 4.74 Å². The zero-order valence-corrected chi connectivity index (χ0v) is 12.2. The molecule has 0 aliphatic rings. The van der Waals surface area contributed by atoms with E-state index in [1.54, 1.807) is 0 Å². The number of rotatable bonds is 8. The molecule has 0 aromatic carbocycles. The van der Waals surface area contributed by atoms with E-state index in [2.05, 4.69) is 19.9 Å². The highest BCUT2D eigenvalue weighted by Crippen LogP contribution is 2.10. The first-order valence-corrected chi connectivity index (χ1v) is 7.05. The minimum absolute atomic E-state index is 0.732. The number of hydrogen-bond donors (Lipinski definition) is 1. The number of nitrogens with one attached hydrogen (secondary N) is 1. The van der Waals surface area contributed by atoms with Gasteiger partial charge in [-0.15, -0.1) is 0 Å². The fraction of sp³-hybridized carbons (Fsp3) is 0.467. The SMILES string of the molecule is CCOCCCNc1nc(C)cn1Cc1ccccn1. The van der Waals surface area contributed by atoms with Crippen molar-refractivity contribution < 1.29 is 4.74 Å². The molecule has 2 aromatic heterocycles. The summed E-state index contributed by atoms with van der Waals surface area (Å²) in [4.78, 5) is 8.86. The second-order valence-corrected chi connectivity index (χ2v) is 4.63. The molecule has 0 spiro atoms. The van der Waals surface area contributed by atoms with Crippen molar-refractivity contribution in [3.63, 3.8) is 0 Å². The molecule has 0 amide bonds. The van der Waals surface area contributed by atoms with Crippen molar-refractivity contribution in [3.05, 3.63) is 42.0 Å². The Labute approximate surface area is 120 Å². The highest BCUT2D eigenvalue weighted by atomic mass is 16.5. The monoisotopic (exact) mass is 274 g/mol. The maximum Gasteiger partial charge on any atom is 0.203 e. The van der Waals surface area contributed by atoms with Crippen molar-refractivity contribution in [2.45, 2.75) is 26.8 Å². The Morgan fingerprint density at radius 3 is 3.00 bits per heavy atom. The molecular formula is C15H22N4O. The van der Waals surface area contributed by atoms with Crippen LogP contribution in [0, 0.1) is 6.92 Å². The topological polar surface area (TPSA) is 52.0 Å². The number of imidazole rings is 1. The van der Waals surface area contributed by atoms with Gasteiger partial charge < -0.3 is 14.6 Å². The van der Waals surface area contributed by atoms with E-state index in [1.807, 2.05) is 44.4 Å². The minimum atomic E-state index is 0.732. The summed E-state index contributed by atoms with van der Waals surface area (Å²) in [7, 11) is 0. The summed E-state index contributed by atoms with van der Waals surface area (Å²) in [6.07, 6.45) is 4.83. The van der Waals surface area contributed by atoms with Crippen LogP contribution in [0.4, 0.5) is 5.95 Å². The third-order valence-corrected chi connectivity index (χ3v) is 2.91. The molecule has 5 heteroatoms. The molecule has 20 heavy (non-hydrogen) atoms. The number of aromatic nitrogens is 3. The normalized spacial score (nSPS) is 10.7. The van der Waals surface area contributed by atoms with E-state index < -0.39 is 0 Å². The second-order valence-electron chi connectivity index (χ2n) is 4.63. The standard InChI is InChI=1S/C15H22N4O/c1-3-20-10-6-9-17-15-18-13(2)11-19(15)12-14-7-4-5-8-16-14/h4-5,7-8,11H,3,6,9-10,12H2,1-2H3,(H,17,18). The van der Waals surface area contributed by atoms with E-state index in [9.17, 15) is 0 Å². The minimum Gasteiger partial charge on any atom is -0.382 e. The van der Waals surface area contributed by atoms with Crippen molar-refractivity contribution in [3.8, 4) is 0 Å². The predicted octanol–water partition coefficient (Wildman–Crippen LogP) is 2.47. The largest absolute Gasteiger partial charge is 0.382 e. The van der Waals surface area contributed by atoms with Gasteiger partial charge in [0.2, 0.25) is 5.95 Å². The molecule has 0 aliphatic heterocycles. The van der Waals surface area contributed by atoms with E-state index >= 15 is 0 Å². The molecule has 2 aromatic rings. The summed E-state index contributed by atoms with van der Waals surface area (Å²) in [6, 6.07) is 5.95. The van der Waals surface area contributed by atoms with Crippen LogP contribution in [0.2, 0.25) is 0 Å². The number of hydrogen-bond acceptors (Lipinski definition) is 4. The van der Waals surface area contributed by atoms with Crippen LogP contribution in [-0.4, -0.2) is 34.3 Å². The lowest BCUT2D eigenvalue weighted by molar-refractivity contribution is 0.147. The molecule has 0 radical (unpaired) electrons. The zero-order chi connectivity index (χ0) is 14.2. The smallest absolute Gasteiger partial charge is 0.203 e. The summed E-state index contributed by atoms with van der Waals surface area (Å²) in [5.74, 6) is 0.893. The van der Waals surface area contributed by atoms with Crippen LogP contribution in [0.5, 0.6) is 0 Å². The number of pyridine rings is 1. The third kappa shape index (κ3) is 4.35. The molecular weight excluding hydrogens is 252 g/mol. The van der Waals surface area contributed by atoms with Gasteiger partial charge >= 0.3 is 0 Å². The van der Waals surface area contributed by atoms with Crippen molar-refractivity contribution in [2.75, 3.05) is 25.1 Å². The Balaban J connectivity index is 1.92. The zero-order valence-electron chi connectivity index (χ0n) is 12.2. The Morgan fingerprint density at radius 2 is 2.25 bits per heavy atom. The molecule has 0 aliphatic carbocycles. The molecule has 0 fully saturated rings. The molecule has 0 saturated carbocycles. The molecule has 0 unspecified atom stereocenters. The quantitative estimate of drug-likeness (QED) is 0.751. The lowest BCUT2D eigenvalue weighted by Gasteiger charge is -2.09. The molecule has 2 heterocycles. The Bertz CT molecular complexity index is 510. The Hall–Kier alpha value is -1.88. The molecule has 0 saturated heterocycles. The Kier molecular flexibility index (Phi) is 5.55. The first kappa shape index (κ1) is 14.5. The predicted molar refractivity (Wildman–Crippen MR) is 79.9 cm³/mol. The average Bonchev–Trinajstić information content (AvgIpc) is 2.80. The molecule has 1 N–H and O–H groups in total. The van der Waals surface area contributed by atoms with Gasteiger partial charge in [0.1, 0.15) is 0 Å². The number of nitrogens with zero attached hydrogens (tertiary/aromatic N) is 3. The highest BCUT2D eigenvalue weighted by Gasteiger charge is 2.06. The molecule has 5 nitrogen and oxygen atoms in total. The van der Waals surface area contributed by atoms with E-state index in [1.165, 1.54) is 0 Å². The van der Waals surface area contributed by atoms with Crippen molar-refractivity contribution >= 4 is 5.95 Å². The molecule has 0 atom stereocenters. The number of aryl methyl sites for hydroxylation is 1. The second kappa shape index (κ2) is 7.65. The molecule has 108 valence electrons. The van der Waals surface area contributed by atoms with E-state index in [0.29, 0.717) is 0 Å². The van der Waals surface area contributed by atoms with Gasteiger partial charge in [-0.25, -0.2) is 4.98 Å². The van der Waals surface area contributed by atoms with Gasteiger partial charge in [0.25, 0.3) is 0 Å². The van der Waals surface area contributed by atoms with Crippen LogP contribution < -0.4 is 5.32 Å². The van der Waals surface area contributed by atoms with Crippen molar-refractivity contribution in [1.29, 1.82) is 0 Å². The summed E-state index contributed by atoms with van der Waals surface area (Å²) in [6.45, 7) is 7.15. The van der Waals surface area contributed by atoms with Crippen LogP contribution in [0.15, 0.2) is 30.6 Å². The summed E-state index contributed by atoms with van der Waals surface area (Å²) < 4.78 is 7.42. The van der Waals surface area contributed by atoms with Gasteiger partial charge in [-0.2, -0.15) is 0 Å². The van der Waals surface area contributed by atoms with Crippen LogP contribution in [0.3, 0.4) is 0 Å². The Morgan fingerprint density at radius 1 is 1.35 bits per heavy atom. The maximum atomic E-state index is 5.33. The van der Waals surface area contributed by atoms with Gasteiger partial charge in [-0.1, -0.05) is 6.07 Å². The third-order valence-electron chi connectivity index (χ3n) is 2.91. The molecule has 2 rings (SSSR count). The first-order chi connectivity index (χ1) is 9.79. The van der Waals surface area contributed by atoms with Crippen LogP contribution in [-0.2, 0) is 11.3 Å². The fourth-order valence-corrected chi connectivity index (χ4v) is 1.99. The van der Waals surface area contributed by atoms with Crippen molar-refractivity contribution in [1.82, 2.24) is 14.5 Å². The summed E-state index contributed by atoms with van der Waals surface area (Å²) in [5, 5.41) is 3.36. The van der Waals surface area contributed by atoms with Gasteiger partial charge in [0.15, 0.2) is 0 Å². The lowest BCUT2D eigenvalue weighted by atomic mass is 10.3. The summed E-state index contributed by atoms with van der Waals surface area (Å²) >= 11 is 0. The van der Waals surface area contributed by atoms with Crippen molar-refractivity contribution in [2.24, 2.45) is 0 Å². The lowest BCUT2D eigenvalue weighted by Crippen LogP contribution is -2.11. The maximum absolute atomic E-state index is 5.33. The van der Waals surface area contributed by atoms with Gasteiger partial charge in [-0.3, -0.25) is 4.98 Å². The van der Waals surface area contributed by atoms with Crippen LogP contribution >= 0.6 is 0 Å². The number of ether oxygens (including phenoxy) is 1. The van der Waals surface area contributed by atoms with Gasteiger partial charge in [0, 0.05) is 32.2 Å². The molecule has 0 bridgehead atoms. The van der Waals surface area contributed by atoms with Gasteiger partial charge in [-0.05, 0) is 32.4 Å². The van der Waals surface area contributed by atoms with Crippen LogP contribution in [0.25, 0.3) is 0 Å².